The highest BCUT2D eigenvalue weighted by Gasteiger charge is 2.28. The number of halogens is 1. The molecule has 0 aromatic carbocycles. The standard InChI is InChI=1S/C14H24ClN3/c1-4-12(11-8-6-5-7-9-11)18-13(10(2)3)16-17-14(18)15/h10-12H,4-9H2,1-3H3. The third-order valence-corrected chi connectivity index (χ3v) is 4.40. The highest BCUT2D eigenvalue weighted by atomic mass is 35.5. The Hall–Kier alpha value is -0.570. The summed E-state index contributed by atoms with van der Waals surface area (Å²) in [6.07, 6.45) is 7.87. The Kier molecular flexibility index (Phi) is 4.66. The van der Waals surface area contributed by atoms with Crippen molar-refractivity contribution in [3.8, 4) is 0 Å². The van der Waals surface area contributed by atoms with E-state index >= 15 is 0 Å². The first-order valence-electron chi connectivity index (χ1n) is 7.25. The van der Waals surface area contributed by atoms with Crippen molar-refractivity contribution in [2.24, 2.45) is 5.92 Å². The van der Waals surface area contributed by atoms with Gasteiger partial charge in [-0.2, -0.15) is 0 Å². The molecule has 1 aliphatic carbocycles. The van der Waals surface area contributed by atoms with Gasteiger partial charge in [-0.05, 0) is 36.8 Å². The molecular formula is C14H24ClN3. The second kappa shape index (κ2) is 6.05. The van der Waals surface area contributed by atoms with Gasteiger partial charge in [-0.3, -0.25) is 4.57 Å². The largest absolute Gasteiger partial charge is 0.298 e. The van der Waals surface area contributed by atoms with Gasteiger partial charge >= 0.3 is 0 Å². The molecule has 1 atom stereocenters. The van der Waals surface area contributed by atoms with Gasteiger partial charge in [0.15, 0.2) is 0 Å². The maximum Gasteiger partial charge on any atom is 0.225 e. The minimum absolute atomic E-state index is 0.377. The molecule has 0 bridgehead atoms. The van der Waals surface area contributed by atoms with E-state index in [4.69, 9.17) is 11.6 Å². The van der Waals surface area contributed by atoms with Crippen LogP contribution in [0.5, 0.6) is 0 Å². The highest BCUT2D eigenvalue weighted by Crippen LogP contribution is 2.37. The van der Waals surface area contributed by atoms with Crippen molar-refractivity contribution in [2.45, 2.75) is 71.3 Å². The van der Waals surface area contributed by atoms with Crippen LogP contribution >= 0.6 is 11.6 Å². The molecule has 2 rings (SSSR count). The van der Waals surface area contributed by atoms with Crippen LogP contribution in [0.4, 0.5) is 0 Å². The molecule has 0 spiro atoms. The molecule has 3 nitrogen and oxygen atoms in total. The van der Waals surface area contributed by atoms with Gasteiger partial charge in [-0.1, -0.05) is 40.0 Å². The van der Waals surface area contributed by atoms with Crippen LogP contribution in [0.15, 0.2) is 0 Å². The molecule has 102 valence electrons. The van der Waals surface area contributed by atoms with Gasteiger partial charge in [0.25, 0.3) is 0 Å². The fourth-order valence-corrected chi connectivity index (χ4v) is 3.48. The lowest BCUT2D eigenvalue weighted by molar-refractivity contribution is 0.238. The van der Waals surface area contributed by atoms with Crippen LogP contribution in [0.1, 0.15) is 77.1 Å². The van der Waals surface area contributed by atoms with Crippen molar-refractivity contribution >= 4 is 11.6 Å². The van der Waals surface area contributed by atoms with Gasteiger partial charge in [0.1, 0.15) is 5.82 Å². The summed E-state index contributed by atoms with van der Waals surface area (Å²) in [6, 6.07) is 0.477. The van der Waals surface area contributed by atoms with E-state index in [0.717, 1.165) is 18.2 Å². The zero-order chi connectivity index (χ0) is 13.1. The Bertz CT molecular complexity index is 380. The second-order valence-corrected chi connectivity index (χ2v) is 6.06. The second-order valence-electron chi connectivity index (χ2n) is 5.73. The average Bonchev–Trinajstić information content (AvgIpc) is 2.74. The molecule has 1 aromatic heterocycles. The third-order valence-electron chi connectivity index (χ3n) is 4.14. The van der Waals surface area contributed by atoms with Crippen LogP contribution in [0, 0.1) is 5.92 Å². The Morgan fingerprint density at radius 2 is 1.89 bits per heavy atom. The number of rotatable bonds is 4. The number of aromatic nitrogens is 3. The van der Waals surface area contributed by atoms with E-state index in [1.165, 1.54) is 32.1 Å². The van der Waals surface area contributed by atoms with E-state index in [1.54, 1.807) is 0 Å². The smallest absolute Gasteiger partial charge is 0.225 e. The zero-order valence-electron chi connectivity index (χ0n) is 11.7. The van der Waals surface area contributed by atoms with E-state index in [9.17, 15) is 0 Å². The van der Waals surface area contributed by atoms with Crippen LogP contribution in [0.25, 0.3) is 0 Å². The lowest BCUT2D eigenvalue weighted by Gasteiger charge is -2.32. The van der Waals surface area contributed by atoms with Crippen LogP contribution in [-0.4, -0.2) is 14.8 Å². The van der Waals surface area contributed by atoms with E-state index in [-0.39, 0.29) is 0 Å². The summed E-state index contributed by atoms with van der Waals surface area (Å²) in [5, 5.41) is 8.91. The molecule has 0 N–H and O–H groups in total. The quantitative estimate of drug-likeness (QED) is 0.801. The summed E-state index contributed by atoms with van der Waals surface area (Å²) in [5.41, 5.74) is 0. The third kappa shape index (κ3) is 2.71. The summed E-state index contributed by atoms with van der Waals surface area (Å²) in [4.78, 5) is 0. The lowest BCUT2D eigenvalue weighted by atomic mass is 9.82. The maximum atomic E-state index is 6.27. The van der Waals surface area contributed by atoms with Crippen molar-refractivity contribution in [2.75, 3.05) is 0 Å². The molecule has 1 saturated carbocycles. The fraction of sp³-hybridized carbons (Fsp3) is 0.857. The predicted octanol–water partition coefficient (Wildman–Crippen LogP) is 4.59. The number of hydrogen-bond acceptors (Lipinski definition) is 2. The summed E-state index contributed by atoms with van der Waals surface area (Å²) in [6.45, 7) is 6.56. The molecule has 1 aromatic rings. The van der Waals surface area contributed by atoms with Gasteiger partial charge in [-0.15, -0.1) is 10.2 Å². The Balaban J connectivity index is 2.28. The van der Waals surface area contributed by atoms with E-state index in [2.05, 4.69) is 35.5 Å². The van der Waals surface area contributed by atoms with Crippen molar-refractivity contribution in [1.29, 1.82) is 0 Å². The predicted molar refractivity (Wildman–Crippen MR) is 75.0 cm³/mol. The molecule has 1 unspecified atom stereocenters. The molecule has 1 heterocycles. The molecule has 1 aliphatic rings. The highest BCUT2D eigenvalue weighted by molar-refractivity contribution is 6.28. The Morgan fingerprint density at radius 3 is 2.44 bits per heavy atom. The molecule has 0 amide bonds. The molecular weight excluding hydrogens is 246 g/mol. The van der Waals surface area contributed by atoms with Crippen molar-refractivity contribution in [3.05, 3.63) is 11.1 Å². The van der Waals surface area contributed by atoms with Gasteiger partial charge in [-0.25, -0.2) is 0 Å². The molecule has 0 aliphatic heterocycles. The van der Waals surface area contributed by atoms with E-state index < -0.39 is 0 Å². The zero-order valence-corrected chi connectivity index (χ0v) is 12.5. The minimum Gasteiger partial charge on any atom is -0.298 e. The van der Waals surface area contributed by atoms with Crippen molar-refractivity contribution < 1.29 is 0 Å². The van der Waals surface area contributed by atoms with Crippen LogP contribution in [0.2, 0.25) is 5.28 Å². The Labute approximate surface area is 115 Å². The van der Waals surface area contributed by atoms with Gasteiger partial charge in [0.2, 0.25) is 5.28 Å². The van der Waals surface area contributed by atoms with Crippen molar-refractivity contribution in [3.63, 3.8) is 0 Å². The fourth-order valence-electron chi connectivity index (χ4n) is 3.23. The van der Waals surface area contributed by atoms with Gasteiger partial charge in [0, 0.05) is 12.0 Å². The molecule has 0 saturated heterocycles. The topological polar surface area (TPSA) is 30.7 Å². The molecule has 1 fully saturated rings. The minimum atomic E-state index is 0.377. The van der Waals surface area contributed by atoms with E-state index in [0.29, 0.717) is 17.2 Å². The molecule has 0 radical (unpaired) electrons. The first kappa shape index (κ1) is 13.9. The maximum absolute atomic E-state index is 6.27. The van der Waals surface area contributed by atoms with E-state index in [1.807, 2.05) is 0 Å². The first-order chi connectivity index (χ1) is 8.65. The Morgan fingerprint density at radius 1 is 1.22 bits per heavy atom. The number of nitrogens with zero attached hydrogens (tertiary/aromatic N) is 3. The first-order valence-corrected chi connectivity index (χ1v) is 7.63. The summed E-state index contributed by atoms with van der Waals surface area (Å²) < 4.78 is 2.20. The summed E-state index contributed by atoms with van der Waals surface area (Å²) in [7, 11) is 0. The normalized spacial score (nSPS) is 19.4. The summed E-state index contributed by atoms with van der Waals surface area (Å²) in [5.74, 6) is 2.16. The SMILES string of the molecule is CCC(C1CCCCC1)n1c(Cl)nnc1C(C)C. The molecule has 4 heteroatoms. The van der Waals surface area contributed by atoms with Crippen molar-refractivity contribution in [1.82, 2.24) is 14.8 Å². The van der Waals surface area contributed by atoms with Crippen LogP contribution < -0.4 is 0 Å². The summed E-state index contributed by atoms with van der Waals surface area (Å²) >= 11 is 6.27. The van der Waals surface area contributed by atoms with Gasteiger partial charge in [0.05, 0.1) is 0 Å². The monoisotopic (exact) mass is 269 g/mol. The lowest BCUT2D eigenvalue weighted by Crippen LogP contribution is -2.23. The van der Waals surface area contributed by atoms with Gasteiger partial charge < -0.3 is 0 Å². The van der Waals surface area contributed by atoms with Crippen LogP contribution in [-0.2, 0) is 0 Å². The molecule has 18 heavy (non-hydrogen) atoms. The number of hydrogen-bond donors (Lipinski definition) is 0. The van der Waals surface area contributed by atoms with Crippen LogP contribution in [0.3, 0.4) is 0 Å². The average molecular weight is 270 g/mol.